The molecule has 0 bridgehead atoms. The number of carbonyl (C=O) groups excluding carboxylic acids is 1. The second kappa shape index (κ2) is 6.48. The number of aryl methyl sites for hydroxylation is 2. The van der Waals surface area contributed by atoms with Crippen molar-refractivity contribution in [3.8, 4) is 5.75 Å². The van der Waals surface area contributed by atoms with Crippen LogP contribution >= 0.6 is 0 Å². The lowest BCUT2D eigenvalue weighted by atomic mass is 9.99. The number of rotatable bonds is 5. The lowest BCUT2D eigenvalue weighted by Gasteiger charge is -2.29. The van der Waals surface area contributed by atoms with Gasteiger partial charge in [-0.25, -0.2) is 0 Å². The minimum atomic E-state index is -0.394. The second-order valence-electron chi connectivity index (χ2n) is 6.26. The first-order valence-corrected chi connectivity index (χ1v) is 7.62. The normalized spacial score (nSPS) is 21.3. The van der Waals surface area contributed by atoms with E-state index in [1.54, 1.807) is 4.90 Å². The SMILES string of the molecule is Cc1cc(C)cc(OCCN(C)C(=O)C2(C)CCCN2)c1. The average Bonchev–Trinajstić information content (AvgIpc) is 2.85. The van der Waals surface area contributed by atoms with Gasteiger partial charge in [0.2, 0.25) is 5.91 Å². The summed E-state index contributed by atoms with van der Waals surface area (Å²) in [5.74, 6) is 1.03. The van der Waals surface area contributed by atoms with Crippen LogP contribution in [-0.2, 0) is 4.79 Å². The molecule has 1 heterocycles. The summed E-state index contributed by atoms with van der Waals surface area (Å²) in [6.45, 7) is 8.15. The Morgan fingerprint density at radius 3 is 2.57 bits per heavy atom. The average molecular weight is 290 g/mol. The quantitative estimate of drug-likeness (QED) is 0.904. The number of nitrogens with one attached hydrogen (secondary N) is 1. The Hall–Kier alpha value is -1.55. The molecule has 1 atom stereocenters. The van der Waals surface area contributed by atoms with Crippen molar-refractivity contribution in [2.75, 3.05) is 26.7 Å². The van der Waals surface area contributed by atoms with Crippen molar-refractivity contribution in [2.45, 2.75) is 39.2 Å². The van der Waals surface area contributed by atoms with Crippen LogP contribution in [0.1, 0.15) is 30.9 Å². The highest BCUT2D eigenvalue weighted by Crippen LogP contribution is 2.21. The maximum Gasteiger partial charge on any atom is 0.242 e. The lowest BCUT2D eigenvalue weighted by molar-refractivity contribution is -0.136. The molecule has 1 unspecified atom stereocenters. The van der Waals surface area contributed by atoms with Crippen LogP contribution in [0.3, 0.4) is 0 Å². The fourth-order valence-electron chi connectivity index (χ4n) is 2.92. The second-order valence-corrected chi connectivity index (χ2v) is 6.26. The first kappa shape index (κ1) is 15.8. The summed E-state index contributed by atoms with van der Waals surface area (Å²) in [7, 11) is 1.85. The third kappa shape index (κ3) is 3.97. The summed E-state index contributed by atoms with van der Waals surface area (Å²) >= 11 is 0. The van der Waals surface area contributed by atoms with Gasteiger partial charge in [-0.15, -0.1) is 0 Å². The zero-order chi connectivity index (χ0) is 15.5. The van der Waals surface area contributed by atoms with Crippen LogP contribution < -0.4 is 10.1 Å². The first-order valence-electron chi connectivity index (χ1n) is 7.62. The van der Waals surface area contributed by atoms with Gasteiger partial charge in [0, 0.05) is 7.05 Å². The summed E-state index contributed by atoms with van der Waals surface area (Å²) in [6, 6.07) is 6.17. The molecule has 1 saturated heterocycles. The summed E-state index contributed by atoms with van der Waals surface area (Å²) < 4.78 is 5.77. The van der Waals surface area contributed by atoms with Gasteiger partial charge in [-0.3, -0.25) is 4.79 Å². The molecule has 0 spiro atoms. The first-order chi connectivity index (χ1) is 9.90. The molecule has 21 heavy (non-hydrogen) atoms. The molecule has 1 fully saturated rings. The standard InChI is InChI=1S/C17H26N2O2/c1-13-10-14(2)12-15(11-13)21-9-8-19(4)16(20)17(3)6-5-7-18-17/h10-12,18H,5-9H2,1-4H3. The molecule has 0 aromatic heterocycles. The topological polar surface area (TPSA) is 41.6 Å². The number of likely N-dealkylation sites (N-methyl/N-ethyl adjacent to an activating group) is 1. The summed E-state index contributed by atoms with van der Waals surface area (Å²) in [4.78, 5) is 14.2. The van der Waals surface area contributed by atoms with Crippen LogP contribution in [0.2, 0.25) is 0 Å². The summed E-state index contributed by atoms with van der Waals surface area (Å²) in [5.41, 5.74) is 1.99. The van der Waals surface area contributed by atoms with E-state index in [4.69, 9.17) is 4.74 Å². The van der Waals surface area contributed by atoms with Crippen molar-refractivity contribution in [1.29, 1.82) is 0 Å². The van der Waals surface area contributed by atoms with Crippen molar-refractivity contribution in [3.05, 3.63) is 29.3 Å². The minimum absolute atomic E-state index is 0.157. The summed E-state index contributed by atoms with van der Waals surface area (Å²) in [6.07, 6.45) is 1.98. The number of ether oxygens (including phenoxy) is 1. The molecule has 2 rings (SSSR count). The number of amides is 1. The molecule has 4 nitrogen and oxygen atoms in total. The molecule has 1 aromatic carbocycles. The summed E-state index contributed by atoms with van der Waals surface area (Å²) in [5, 5.41) is 3.30. The van der Waals surface area contributed by atoms with E-state index in [1.165, 1.54) is 11.1 Å². The number of benzene rings is 1. The molecule has 0 radical (unpaired) electrons. The van der Waals surface area contributed by atoms with Gasteiger partial charge in [-0.2, -0.15) is 0 Å². The van der Waals surface area contributed by atoms with Gasteiger partial charge in [-0.05, 0) is 63.4 Å². The molecule has 116 valence electrons. The molecule has 0 saturated carbocycles. The fourth-order valence-corrected chi connectivity index (χ4v) is 2.92. The minimum Gasteiger partial charge on any atom is -0.492 e. The van der Waals surface area contributed by atoms with Crippen LogP contribution in [0.5, 0.6) is 5.75 Å². The van der Waals surface area contributed by atoms with Gasteiger partial charge in [0.15, 0.2) is 0 Å². The highest BCUT2D eigenvalue weighted by atomic mass is 16.5. The van der Waals surface area contributed by atoms with E-state index in [2.05, 4.69) is 25.2 Å². The number of hydrogen-bond donors (Lipinski definition) is 1. The van der Waals surface area contributed by atoms with Gasteiger partial charge < -0.3 is 15.0 Å². The number of carbonyl (C=O) groups is 1. The molecule has 1 N–H and O–H groups in total. The van der Waals surface area contributed by atoms with E-state index in [-0.39, 0.29) is 5.91 Å². The highest BCUT2D eigenvalue weighted by molar-refractivity contribution is 5.86. The van der Waals surface area contributed by atoms with Crippen LogP contribution in [0.4, 0.5) is 0 Å². The van der Waals surface area contributed by atoms with E-state index in [1.807, 2.05) is 26.1 Å². The van der Waals surface area contributed by atoms with Crippen LogP contribution in [-0.4, -0.2) is 43.1 Å². The maximum atomic E-state index is 12.4. The van der Waals surface area contributed by atoms with Gasteiger partial charge >= 0.3 is 0 Å². The Morgan fingerprint density at radius 2 is 2.00 bits per heavy atom. The predicted octanol–water partition coefficient (Wildman–Crippen LogP) is 2.28. The monoisotopic (exact) mass is 290 g/mol. The van der Waals surface area contributed by atoms with Crippen molar-refractivity contribution < 1.29 is 9.53 Å². The van der Waals surface area contributed by atoms with E-state index < -0.39 is 5.54 Å². The molecule has 4 heteroatoms. The highest BCUT2D eigenvalue weighted by Gasteiger charge is 2.37. The third-order valence-electron chi connectivity index (χ3n) is 4.08. The molecule has 1 aromatic rings. The van der Waals surface area contributed by atoms with Gasteiger partial charge in [0.05, 0.1) is 12.1 Å². The molecule has 0 aliphatic carbocycles. The third-order valence-corrected chi connectivity index (χ3v) is 4.08. The van der Waals surface area contributed by atoms with E-state index in [0.717, 1.165) is 25.1 Å². The van der Waals surface area contributed by atoms with E-state index in [9.17, 15) is 4.79 Å². The molecular formula is C17H26N2O2. The Labute approximate surface area is 127 Å². The van der Waals surface area contributed by atoms with E-state index in [0.29, 0.717) is 13.2 Å². The zero-order valence-electron chi connectivity index (χ0n) is 13.5. The van der Waals surface area contributed by atoms with Crippen molar-refractivity contribution in [2.24, 2.45) is 0 Å². The van der Waals surface area contributed by atoms with Crippen LogP contribution in [0, 0.1) is 13.8 Å². The van der Waals surface area contributed by atoms with Crippen molar-refractivity contribution >= 4 is 5.91 Å². The van der Waals surface area contributed by atoms with Crippen LogP contribution in [0.25, 0.3) is 0 Å². The number of nitrogens with zero attached hydrogens (tertiary/aromatic N) is 1. The predicted molar refractivity (Wildman–Crippen MR) is 84.7 cm³/mol. The van der Waals surface area contributed by atoms with Crippen molar-refractivity contribution in [1.82, 2.24) is 10.2 Å². The smallest absolute Gasteiger partial charge is 0.242 e. The zero-order valence-corrected chi connectivity index (χ0v) is 13.5. The maximum absolute atomic E-state index is 12.4. The molecular weight excluding hydrogens is 264 g/mol. The molecule has 1 aliphatic heterocycles. The Bertz CT molecular complexity index is 487. The van der Waals surface area contributed by atoms with Gasteiger partial charge in [0.25, 0.3) is 0 Å². The Balaban J connectivity index is 1.83. The largest absolute Gasteiger partial charge is 0.492 e. The van der Waals surface area contributed by atoms with Crippen LogP contribution in [0.15, 0.2) is 18.2 Å². The van der Waals surface area contributed by atoms with Gasteiger partial charge in [-0.1, -0.05) is 6.07 Å². The molecule has 1 aliphatic rings. The van der Waals surface area contributed by atoms with Crippen molar-refractivity contribution in [3.63, 3.8) is 0 Å². The fraction of sp³-hybridized carbons (Fsp3) is 0.588. The Morgan fingerprint density at radius 1 is 1.33 bits per heavy atom. The lowest BCUT2D eigenvalue weighted by Crippen LogP contribution is -2.52. The molecule has 1 amide bonds. The van der Waals surface area contributed by atoms with E-state index >= 15 is 0 Å². The Kier molecular flexibility index (Phi) is 4.88. The van der Waals surface area contributed by atoms with Gasteiger partial charge in [0.1, 0.15) is 12.4 Å². The number of hydrogen-bond acceptors (Lipinski definition) is 3.